The Bertz CT molecular complexity index is 165. The van der Waals surface area contributed by atoms with Crippen molar-refractivity contribution < 1.29 is 0 Å². The highest BCUT2D eigenvalue weighted by Crippen LogP contribution is 2.19. The smallest absolute Gasteiger partial charge is 0.0635 e. The van der Waals surface area contributed by atoms with Crippen LogP contribution < -0.4 is 5.73 Å². The van der Waals surface area contributed by atoms with E-state index in [0.717, 1.165) is 32.1 Å². The minimum Gasteiger partial charge on any atom is -0.330 e. The van der Waals surface area contributed by atoms with Gasteiger partial charge in [0.15, 0.2) is 0 Å². The van der Waals surface area contributed by atoms with Crippen LogP contribution in [-0.4, -0.2) is 31.1 Å². The lowest BCUT2D eigenvalue weighted by atomic mass is 9.93. The van der Waals surface area contributed by atoms with Crippen LogP contribution in [0.2, 0.25) is 0 Å². The molecular formula is C10H19N3. The molecule has 2 N–H and O–H groups in total. The summed E-state index contributed by atoms with van der Waals surface area (Å²) in [5.41, 5.74) is 5.52. The number of nitriles is 1. The van der Waals surface area contributed by atoms with E-state index >= 15 is 0 Å². The summed E-state index contributed by atoms with van der Waals surface area (Å²) >= 11 is 0. The van der Waals surface area contributed by atoms with Crippen molar-refractivity contribution in [1.82, 2.24) is 4.90 Å². The first-order valence-electron chi connectivity index (χ1n) is 5.16. The molecule has 0 aliphatic carbocycles. The standard InChI is InChI=1S/C10H19N3/c11-5-1-7-13-8-3-10(2-6-12)4-9-13/h10H,1-4,6-9,12H2. The molecule has 3 nitrogen and oxygen atoms in total. The van der Waals surface area contributed by atoms with Crippen molar-refractivity contribution in [3.63, 3.8) is 0 Å². The van der Waals surface area contributed by atoms with Gasteiger partial charge in [-0.05, 0) is 44.8 Å². The monoisotopic (exact) mass is 181 g/mol. The number of hydrogen-bond donors (Lipinski definition) is 1. The summed E-state index contributed by atoms with van der Waals surface area (Å²) in [5.74, 6) is 0.836. The molecule has 0 bridgehead atoms. The summed E-state index contributed by atoms with van der Waals surface area (Å²) in [5, 5.41) is 8.44. The first kappa shape index (κ1) is 10.5. The van der Waals surface area contributed by atoms with Crippen LogP contribution in [0.15, 0.2) is 0 Å². The summed E-state index contributed by atoms with van der Waals surface area (Å²) in [6, 6.07) is 2.19. The number of likely N-dealkylation sites (tertiary alicyclic amines) is 1. The lowest BCUT2D eigenvalue weighted by molar-refractivity contribution is 0.183. The zero-order valence-corrected chi connectivity index (χ0v) is 8.21. The molecule has 0 unspecified atom stereocenters. The molecule has 0 amide bonds. The van der Waals surface area contributed by atoms with Crippen LogP contribution in [0.4, 0.5) is 0 Å². The predicted molar refractivity (Wildman–Crippen MR) is 53.1 cm³/mol. The molecule has 0 aromatic heterocycles. The van der Waals surface area contributed by atoms with Crippen LogP contribution in [0, 0.1) is 17.2 Å². The molecule has 0 aromatic carbocycles. The first-order valence-corrected chi connectivity index (χ1v) is 5.16. The predicted octanol–water partition coefficient (Wildman–Crippen LogP) is 0.961. The summed E-state index contributed by atoms with van der Waals surface area (Å²) in [7, 11) is 0. The van der Waals surface area contributed by atoms with Crippen molar-refractivity contribution in [2.24, 2.45) is 11.7 Å². The molecule has 1 saturated heterocycles. The van der Waals surface area contributed by atoms with Crippen molar-refractivity contribution in [3.8, 4) is 6.07 Å². The second-order valence-electron chi connectivity index (χ2n) is 3.77. The Kier molecular flexibility index (Phi) is 4.81. The molecule has 1 aliphatic rings. The molecule has 0 aromatic rings. The van der Waals surface area contributed by atoms with Crippen LogP contribution in [0.25, 0.3) is 0 Å². The van der Waals surface area contributed by atoms with Gasteiger partial charge in [0, 0.05) is 13.0 Å². The Morgan fingerprint density at radius 1 is 1.38 bits per heavy atom. The Balaban J connectivity index is 2.12. The number of nitrogens with two attached hydrogens (primary N) is 1. The number of hydrogen-bond acceptors (Lipinski definition) is 3. The van der Waals surface area contributed by atoms with Crippen LogP contribution in [0.5, 0.6) is 0 Å². The minimum absolute atomic E-state index is 0.668. The van der Waals surface area contributed by atoms with Crippen LogP contribution >= 0.6 is 0 Å². The van der Waals surface area contributed by atoms with Gasteiger partial charge in [0.05, 0.1) is 6.07 Å². The first-order chi connectivity index (χ1) is 6.36. The highest BCUT2D eigenvalue weighted by atomic mass is 15.1. The summed E-state index contributed by atoms with van der Waals surface area (Å²) < 4.78 is 0. The fourth-order valence-corrected chi connectivity index (χ4v) is 1.94. The SMILES string of the molecule is N#CCCN1CCC(CCN)CC1. The highest BCUT2D eigenvalue weighted by molar-refractivity contribution is 4.76. The van der Waals surface area contributed by atoms with E-state index in [1.54, 1.807) is 0 Å². The second-order valence-corrected chi connectivity index (χ2v) is 3.77. The van der Waals surface area contributed by atoms with E-state index in [1.165, 1.54) is 19.3 Å². The van der Waals surface area contributed by atoms with Gasteiger partial charge in [-0.25, -0.2) is 0 Å². The van der Waals surface area contributed by atoms with Gasteiger partial charge >= 0.3 is 0 Å². The van der Waals surface area contributed by atoms with E-state index in [4.69, 9.17) is 11.0 Å². The minimum atomic E-state index is 0.668. The van der Waals surface area contributed by atoms with Gasteiger partial charge in [0.25, 0.3) is 0 Å². The lowest BCUT2D eigenvalue weighted by Gasteiger charge is -2.31. The van der Waals surface area contributed by atoms with Gasteiger partial charge in [-0.3, -0.25) is 0 Å². The Labute approximate surface area is 80.5 Å². The average Bonchev–Trinajstić information content (AvgIpc) is 2.17. The van der Waals surface area contributed by atoms with Crippen LogP contribution in [0.3, 0.4) is 0 Å². The second kappa shape index (κ2) is 5.95. The third-order valence-corrected chi connectivity index (χ3v) is 2.82. The molecular weight excluding hydrogens is 162 g/mol. The maximum Gasteiger partial charge on any atom is 0.0635 e. The molecule has 1 heterocycles. The average molecular weight is 181 g/mol. The van der Waals surface area contributed by atoms with Crippen molar-refractivity contribution in [2.75, 3.05) is 26.2 Å². The number of rotatable bonds is 4. The molecule has 0 spiro atoms. The number of piperidine rings is 1. The molecule has 0 atom stereocenters. The lowest BCUT2D eigenvalue weighted by Crippen LogP contribution is -2.34. The fourth-order valence-electron chi connectivity index (χ4n) is 1.94. The Morgan fingerprint density at radius 3 is 2.62 bits per heavy atom. The molecule has 1 fully saturated rings. The number of nitrogens with zero attached hydrogens (tertiary/aromatic N) is 2. The third kappa shape index (κ3) is 3.75. The van der Waals surface area contributed by atoms with Crippen LogP contribution in [-0.2, 0) is 0 Å². The zero-order valence-electron chi connectivity index (χ0n) is 8.21. The summed E-state index contributed by atoms with van der Waals surface area (Å²) in [6.45, 7) is 4.09. The molecule has 3 heteroatoms. The Morgan fingerprint density at radius 2 is 2.08 bits per heavy atom. The van der Waals surface area contributed by atoms with Crippen molar-refractivity contribution >= 4 is 0 Å². The largest absolute Gasteiger partial charge is 0.330 e. The summed E-state index contributed by atoms with van der Waals surface area (Å²) in [6.07, 6.45) is 4.37. The third-order valence-electron chi connectivity index (χ3n) is 2.82. The van der Waals surface area contributed by atoms with Crippen molar-refractivity contribution in [2.45, 2.75) is 25.7 Å². The quantitative estimate of drug-likeness (QED) is 0.703. The van der Waals surface area contributed by atoms with Crippen molar-refractivity contribution in [1.29, 1.82) is 5.26 Å². The highest BCUT2D eigenvalue weighted by Gasteiger charge is 2.17. The van der Waals surface area contributed by atoms with E-state index in [2.05, 4.69) is 11.0 Å². The molecule has 1 aliphatic heterocycles. The fraction of sp³-hybridized carbons (Fsp3) is 0.900. The van der Waals surface area contributed by atoms with Gasteiger partial charge in [-0.15, -0.1) is 0 Å². The zero-order chi connectivity index (χ0) is 9.52. The van der Waals surface area contributed by atoms with Gasteiger partial charge in [-0.1, -0.05) is 0 Å². The maximum absolute atomic E-state index is 8.44. The Hall–Kier alpha value is -0.590. The molecule has 13 heavy (non-hydrogen) atoms. The van der Waals surface area contributed by atoms with E-state index in [1.807, 2.05) is 0 Å². The normalized spacial score (nSPS) is 20.0. The van der Waals surface area contributed by atoms with Crippen LogP contribution in [0.1, 0.15) is 25.7 Å². The van der Waals surface area contributed by atoms with Gasteiger partial charge in [0.2, 0.25) is 0 Å². The topological polar surface area (TPSA) is 53.0 Å². The van der Waals surface area contributed by atoms with Gasteiger partial charge < -0.3 is 10.6 Å². The van der Waals surface area contributed by atoms with E-state index < -0.39 is 0 Å². The van der Waals surface area contributed by atoms with E-state index in [9.17, 15) is 0 Å². The van der Waals surface area contributed by atoms with Gasteiger partial charge in [0.1, 0.15) is 0 Å². The molecule has 0 saturated carbocycles. The molecule has 0 radical (unpaired) electrons. The maximum atomic E-state index is 8.44. The molecule has 1 rings (SSSR count). The van der Waals surface area contributed by atoms with Gasteiger partial charge in [-0.2, -0.15) is 5.26 Å². The van der Waals surface area contributed by atoms with Crippen molar-refractivity contribution in [3.05, 3.63) is 0 Å². The molecule has 74 valence electrons. The van der Waals surface area contributed by atoms with E-state index in [-0.39, 0.29) is 0 Å². The summed E-state index contributed by atoms with van der Waals surface area (Å²) in [4.78, 5) is 2.39. The van der Waals surface area contributed by atoms with E-state index in [0.29, 0.717) is 6.42 Å².